The molecule has 2 rings (SSSR count). The first-order valence-corrected chi connectivity index (χ1v) is 24.4. The molecule has 0 radical (unpaired) electrons. The van der Waals surface area contributed by atoms with Crippen molar-refractivity contribution in [3.63, 3.8) is 0 Å². The van der Waals surface area contributed by atoms with E-state index in [0.29, 0.717) is 5.39 Å². The van der Waals surface area contributed by atoms with E-state index >= 15 is 0 Å². The summed E-state index contributed by atoms with van der Waals surface area (Å²) < 4.78 is 36.0. The topological polar surface area (TPSA) is 54.4 Å². The van der Waals surface area contributed by atoms with Crippen molar-refractivity contribution in [1.29, 1.82) is 0 Å². The molecule has 3 nitrogen and oxygen atoms in total. The molecule has 2 aromatic carbocycles. The lowest BCUT2D eigenvalue weighted by molar-refractivity contribution is 0.482. The van der Waals surface area contributed by atoms with Crippen LogP contribution in [0.15, 0.2) is 35.2 Å². The number of hydrogen-bond acceptors (Lipinski definition) is 2. The van der Waals surface area contributed by atoms with Gasteiger partial charge in [-0.25, -0.2) is 0 Å². The van der Waals surface area contributed by atoms with Gasteiger partial charge in [0.2, 0.25) is 0 Å². The Morgan fingerprint density at radius 3 is 1.08 bits per heavy atom. The summed E-state index contributed by atoms with van der Waals surface area (Å²) in [6.45, 7) is 4.58. The fraction of sp³-hybridized carbons (Fsp3) is 0.792. The van der Waals surface area contributed by atoms with E-state index in [9.17, 15) is 13.0 Å². The standard InChI is InChI=1S/C48H84O3S/c1-3-5-7-9-11-13-15-17-19-21-23-25-27-29-31-33-35-39-44-43-45-40-37-38-42-47(45)48(52(49,50)51)46(44)41-36-34-32-30-28-26-24-22-20-18-16-14-12-10-8-6-4-2/h37-38,40,42-43H,3-36,39,41H2,1-2H3,(H,49,50,51). The Bertz CT molecular complexity index is 1220. The van der Waals surface area contributed by atoms with Gasteiger partial charge in [-0.15, -0.1) is 0 Å². The molecule has 52 heavy (non-hydrogen) atoms. The second kappa shape index (κ2) is 31.9. The Labute approximate surface area is 324 Å². The van der Waals surface area contributed by atoms with Crippen molar-refractivity contribution in [3.8, 4) is 0 Å². The van der Waals surface area contributed by atoms with Crippen LogP contribution in [0.3, 0.4) is 0 Å². The lowest BCUT2D eigenvalue weighted by Crippen LogP contribution is -2.08. The molecule has 0 heterocycles. The molecule has 0 aliphatic carbocycles. The van der Waals surface area contributed by atoms with Crippen LogP contribution >= 0.6 is 0 Å². The predicted octanol–water partition coefficient (Wildman–Crippen LogP) is 16.5. The van der Waals surface area contributed by atoms with Gasteiger partial charge >= 0.3 is 0 Å². The summed E-state index contributed by atoms with van der Waals surface area (Å²) in [6, 6.07) is 9.90. The first-order chi connectivity index (χ1) is 25.5. The lowest BCUT2D eigenvalue weighted by Gasteiger charge is -2.17. The fourth-order valence-electron chi connectivity index (χ4n) is 8.27. The molecule has 0 saturated heterocycles. The van der Waals surface area contributed by atoms with E-state index in [1.165, 1.54) is 199 Å². The monoisotopic (exact) mass is 741 g/mol. The lowest BCUT2D eigenvalue weighted by atomic mass is 9.93. The zero-order valence-electron chi connectivity index (χ0n) is 34.5. The summed E-state index contributed by atoms with van der Waals surface area (Å²) in [5.41, 5.74) is 2.00. The number of benzene rings is 2. The minimum atomic E-state index is -4.32. The predicted molar refractivity (Wildman–Crippen MR) is 229 cm³/mol. The fourth-order valence-corrected chi connectivity index (χ4v) is 9.28. The van der Waals surface area contributed by atoms with Gasteiger partial charge in [-0.05, 0) is 42.2 Å². The molecule has 0 aliphatic rings. The quantitative estimate of drug-likeness (QED) is 0.0554. The summed E-state index contributed by atoms with van der Waals surface area (Å²) in [4.78, 5) is 0.170. The van der Waals surface area contributed by atoms with Crippen LogP contribution in [-0.2, 0) is 23.0 Å². The van der Waals surface area contributed by atoms with Crippen LogP contribution in [0.2, 0.25) is 0 Å². The molecule has 300 valence electrons. The minimum absolute atomic E-state index is 0.170. The van der Waals surface area contributed by atoms with Crippen LogP contribution in [0.5, 0.6) is 0 Å². The largest absolute Gasteiger partial charge is 0.295 e. The summed E-state index contributed by atoms with van der Waals surface area (Å²) in [7, 11) is -4.32. The molecule has 1 N–H and O–H groups in total. The normalized spacial score (nSPS) is 12.0. The highest BCUT2D eigenvalue weighted by molar-refractivity contribution is 7.86. The Morgan fingerprint density at radius 1 is 0.423 bits per heavy atom. The maximum absolute atomic E-state index is 12.8. The molecule has 0 spiro atoms. The first-order valence-electron chi connectivity index (χ1n) is 23.0. The Kier molecular flexibility index (Phi) is 28.7. The third-order valence-corrected chi connectivity index (χ3v) is 12.5. The average molecular weight is 741 g/mol. The number of hydrogen-bond donors (Lipinski definition) is 1. The maximum atomic E-state index is 12.8. The van der Waals surface area contributed by atoms with Gasteiger partial charge < -0.3 is 0 Å². The van der Waals surface area contributed by atoms with Gasteiger partial charge in [0, 0.05) is 5.39 Å². The van der Waals surface area contributed by atoms with E-state index in [4.69, 9.17) is 0 Å². The highest BCUT2D eigenvalue weighted by Crippen LogP contribution is 2.32. The highest BCUT2D eigenvalue weighted by atomic mass is 32.2. The van der Waals surface area contributed by atoms with Crippen LogP contribution in [0.1, 0.15) is 243 Å². The number of aryl methyl sites for hydroxylation is 1. The van der Waals surface area contributed by atoms with Crippen LogP contribution in [0.25, 0.3) is 10.8 Å². The molecule has 0 aliphatic heterocycles. The average Bonchev–Trinajstić information content (AvgIpc) is 3.13. The van der Waals surface area contributed by atoms with E-state index in [-0.39, 0.29) is 4.90 Å². The number of rotatable bonds is 37. The Hall–Kier alpha value is -1.39. The van der Waals surface area contributed by atoms with Gasteiger partial charge in [-0.3, -0.25) is 4.55 Å². The molecule has 4 heteroatoms. The van der Waals surface area contributed by atoms with Crippen LogP contribution in [0.4, 0.5) is 0 Å². The van der Waals surface area contributed by atoms with Gasteiger partial charge in [0.25, 0.3) is 10.1 Å². The van der Waals surface area contributed by atoms with Gasteiger partial charge in [0.05, 0.1) is 0 Å². The molecular formula is C48H84O3S. The van der Waals surface area contributed by atoms with Gasteiger partial charge in [0.15, 0.2) is 0 Å². The van der Waals surface area contributed by atoms with Crippen molar-refractivity contribution < 1.29 is 13.0 Å². The van der Waals surface area contributed by atoms with Gasteiger partial charge in [0.1, 0.15) is 4.90 Å². The second-order valence-electron chi connectivity index (χ2n) is 16.4. The van der Waals surface area contributed by atoms with Crippen LogP contribution in [0, 0.1) is 0 Å². The van der Waals surface area contributed by atoms with Crippen LogP contribution < -0.4 is 0 Å². The SMILES string of the molecule is CCCCCCCCCCCCCCCCCCCc1cc2ccccc2c(S(=O)(=O)O)c1CCCCCCCCCCCCCCCCCCC. The molecule has 0 aromatic heterocycles. The zero-order chi connectivity index (χ0) is 37.4. The van der Waals surface area contributed by atoms with Crippen LogP contribution in [-0.4, -0.2) is 13.0 Å². The number of unbranched alkanes of at least 4 members (excludes halogenated alkanes) is 32. The highest BCUT2D eigenvalue weighted by Gasteiger charge is 2.22. The summed E-state index contributed by atoms with van der Waals surface area (Å²) >= 11 is 0. The molecular weight excluding hydrogens is 657 g/mol. The Balaban J connectivity index is 1.65. The van der Waals surface area contributed by atoms with Gasteiger partial charge in [-0.1, -0.05) is 250 Å². The van der Waals surface area contributed by atoms with Crippen molar-refractivity contribution in [1.82, 2.24) is 0 Å². The molecule has 0 fully saturated rings. The molecule has 0 bridgehead atoms. The van der Waals surface area contributed by atoms with E-state index in [1.807, 2.05) is 24.3 Å². The zero-order valence-corrected chi connectivity index (χ0v) is 35.3. The molecule has 0 atom stereocenters. The van der Waals surface area contributed by atoms with E-state index in [1.54, 1.807) is 0 Å². The van der Waals surface area contributed by atoms with E-state index < -0.39 is 10.1 Å². The van der Waals surface area contributed by atoms with Crippen molar-refractivity contribution in [2.45, 2.75) is 250 Å². The third kappa shape index (κ3) is 22.7. The third-order valence-electron chi connectivity index (χ3n) is 11.5. The maximum Gasteiger partial charge on any atom is 0.295 e. The number of fused-ring (bicyclic) bond motifs is 1. The smallest absolute Gasteiger partial charge is 0.282 e. The van der Waals surface area contributed by atoms with Crippen molar-refractivity contribution >= 4 is 20.9 Å². The van der Waals surface area contributed by atoms with E-state index in [0.717, 1.165) is 48.6 Å². The van der Waals surface area contributed by atoms with Crippen molar-refractivity contribution in [2.24, 2.45) is 0 Å². The summed E-state index contributed by atoms with van der Waals surface area (Å²) in [5.74, 6) is 0. The van der Waals surface area contributed by atoms with Gasteiger partial charge in [-0.2, -0.15) is 8.42 Å². The summed E-state index contributed by atoms with van der Waals surface area (Å²) in [6.07, 6.45) is 47.3. The molecule has 0 unspecified atom stereocenters. The molecule has 2 aromatic rings. The van der Waals surface area contributed by atoms with Crippen molar-refractivity contribution in [2.75, 3.05) is 0 Å². The second-order valence-corrected chi connectivity index (χ2v) is 17.7. The van der Waals surface area contributed by atoms with Crippen molar-refractivity contribution in [3.05, 3.63) is 41.5 Å². The molecule has 0 amide bonds. The summed E-state index contributed by atoms with van der Waals surface area (Å²) in [5, 5.41) is 1.58. The van der Waals surface area contributed by atoms with E-state index in [2.05, 4.69) is 19.9 Å². The Morgan fingerprint density at radius 2 is 0.731 bits per heavy atom. The molecule has 0 saturated carbocycles. The first kappa shape index (κ1) is 46.8. The minimum Gasteiger partial charge on any atom is -0.282 e.